The van der Waals surface area contributed by atoms with Crippen molar-refractivity contribution in [3.8, 4) is 0 Å². The zero-order valence-electron chi connectivity index (χ0n) is 10.5. The van der Waals surface area contributed by atoms with Gasteiger partial charge >= 0.3 is 0 Å². The molecule has 0 bridgehead atoms. The lowest BCUT2D eigenvalue weighted by atomic mass is 9.89. The van der Waals surface area contributed by atoms with E-state index in [2.05, 4.69) is 42.8 Å². The first-order chi connectivity index (χ1) is 8.83. The molecule has 4 nitrogen and oxygen atoms in total. The van der Waals surface area contributed by atoms with Crippen LogP contribution in [0.2, 0.25) is 0 Å². The highest BCUT2D eigenvalue weighted by Crippen LogP contribution is 2.26. The maximum Gasteiger partial charge on any atom is 0.225 e. The van der Waals surface area contributed by atoms with Crippen molar-refractivity contribution < 1.29 is 0 Å². The second-order valence-corrected chi connectivity index (χ2v) is 6.47. The van der Waals surface area contributed by atoms with E-state index < -0.39 is 0 Å². The molecule has 0 amide bonds. The summed E-state index contributed by atoms with van der Waals surface area (Å²) < 4.78 is 1.10. The van der Waals surface area contributed by atoms with Crippen LogP contribution in [0, 0.1) is 9.49 Å². The number of anilines is 1. The highest BCUT2D eigenvalue weighted by atomic mass is 127. The molecule has 1 aromatic heterocycles. The summed E-state index contributed by atoms with van der Waals surface area (Å²) >= 11 is 2.24. The largest absolute Gasteiger partial charge is 0.341 e. The van der Waals surface area contributed by atoms with Crippen LogP contribution in [0.4, 0.5) is 5.95 Å². The number of hydrogen-bond acceptors (Lipinski definition) is 4. The van der Waals surface area contributed by atoms with Crippen LogP contribution in [0.1, 0.15) is 25.7 Å². The molecule has 2 saturated heterocycles. The molecule has 1 aromatic rings. The van der Waals surface area contributed by atoms with E-state index in [-0.39, 0.29) is 0 Å². The van der Waals surface area contributed by atoms with E-state index in [1.807, 2.05) is 12.4 Å². The summed E-state index contributed by atoms with van der Waals surface area (Å²) in [6.07, 6.45) is 9.05. The molecule has 18 heavy (non-hydrogen) atoms. The first-order valence-electron chi connectivity index (χ1n) is 6.79. The third-order valence-corrected chi connectivity index (χ3v) is 4.65. The number of nitrogens with one attached hydrogen (secondary N) is 1. The molecule has 0 aromatic carbocycles. The molecule has 98 valence electrons. The van der Waals surface area contributed by atoms with Gasteiger partial charge in [-0.15, -0.1) is 0 Å². The van der Waals surface area contributed by atoms with Gasteiger partial charge in [0.05, 0.1) is 0 Å². The van der Waals surface area contributed by atoms with Crippen molar-refractivity contribution >= 4 is 28.5 Å². The third-order valence-electron chi connectivity index (χ3n) is 4.10. The van der Waals surface area contributed by atoms with Crippen LogP contribution in [0.5, 0.6) is 0 Å². The van der Waals surface area contributed by atoms with Crippen LogP contribution in [0.3, 0.4) is 0 Å². The van der Waals surface area contributed by atoms with Crippen molar-refractivity contribution in [3.63, 3.8) is 0 Å². The van der Waals surface area contributed by atoms with Gasteiger partial charge in [-0.1, -0.05) is 0 Å². The molecule has 5 heteroatoms. The van der Waals surface area contributed by atoms with Gasteiger partial charge in [0, 0.05) is 35.1 Å². The first-order valence-corrected chi connectivity index (χ1v) is 7.87. The Hall–Kier alpha value is -0.430. The molecule has 3 heterocycles. The zero-order chi connectivity index (χ0) is 12.4. The SMILES string of the molecule is Ic1cnc(N2CCC(C3CCCN3)CC2)nc1. The highest BCUT2D eigenvalue weighted by Gasteiger charge is 2.28. The lowest BCUT2D eigenvalue weighted by Crippen LogP contribution is -2.41. The summed E-state index contributed by atoms with van der Waals surface area (Å²) in [5.41, 5.74) is 0. The number of piperidine rings is 1. The van der Waals surface area contributed by atoms with Crippen molar-refractivity contribution in [2.75, 3.05) is 24.5 Å². The summed E-state index contributed by atoms with van der Waals surface area (Å²) in [4.78, 5) is 11.2. The fourth-order valence-corrected chi connectivity index (χ4v) is 3.36. The van der Waals surface area contributed by atoms with E-state index in [4.69, 9.17) is 0 Å². The number of hydrogen-bond donors (Lipinski definition) is 1. The second-order valence-electron chi connectivity index (χ2n) is 5.23. The molecule has 0 radical (unpaired) electrons. The minimum Gasteiger partial charge on any atom is -0.341 e. The van der Waals surface area contributed by atoms with E-state index in [1.54, 1.807) is 0 Å². The van der Waals surface area contributed by atoms with Crippen LogP contribution < -0.4 is 10.2 Å². The van der Waals surface area contributed by atoms with Crippen LogP contribution in [0.15, 0.2) is 12.4 Å². The summed E-state index contributed by atoms with van der Waals surface area (Å²) in [6.45, 7) is 3.41. The van der Waals surface area contributed by atoms with Crippen LogP contribution in [0.25, 0.3) is 0 Å². The van der Waals surface area contributed by atoms with Gasteiger partial charge in [-0.25, -0.2) is 9.97 Å². The maximum atomic E-state index is 4.42. The number of halogens is 1. The Balaban J connectivity index is 1.57. The summed E-state index contributed by atoms with van der Waals surface area (Å²) in [6, 6.07) is 0.768. The van der Waals surface area contributed by atoms with Crippen LogP contribution in [-0.4, -0.2) is 35.6 Å². The van der Waals surface area contributed by atoms with E-state index in [1.165, 1.54) is 32.2 Å². The fourth-order valence-electron chi connectivity index (χ4n) is 3.08. The van der Waals surface area contributed by atoms with Gasteiger partial charge in [0.1, 0.15) is 0 Å². The Morgan fingerprint density at radius 2 is 1.89 bits per heavy atom. The average Bonchev–Trinajstić information content (AvgIpc) is 2.94. The lowest BCUT2D eigenvalue weighted by Gasteiger charge is -2.34. The third kappa shape index (κ3) is 2.77. The molecule has 2 aliphatic heterocycles. The zero-order valence-corrected chi connectivity index (χ0v) is 12.6. The fraction of sp³-hybridized carbons (Fsp3) is 0.692. The Kier molecular flexibility index (Phi) is 3.98. The molecule has 1 unspecified atom stereocenters. The average molecular weight is 358 g/mol. The molecule has 0 spiro atoms. The van der Waals surface area contributed by atoms with Crippen molar-refractivity contribution in [1.82, 2.24) is 15.3 Å². The van der Waals surface area contributed by atoms with Crippen LogP contribution >= 0.6 is 22.6 Å². The maximum absolute atomic E-state index is 4.42. The Morgan fingerprint density at radius 3 is 2.50 bits per heavy atom. The molecule has 0 aliphatic carbocycles. The van der Waals surface area contributed by atoms with Crippen molar-refractivity contribution in [2.45, 2.75) is 31.7 Å². The van der Waals surface area contributed by atoms with Gasteiger partial charge in [0.2, 0.25) is 5.95 Å². The summed E-state index contributed by atoms with van der Waals surface area (Å²) in [5, 5.41) is 3.64. The summed E-state index contributed by atoms with van der Waals surface area (Å²) in [7, 11) is 0. The van der Waals surface area contributed by atoms with Gasteiger partial charge < -0.3 is 10.2 Å². The van der Waals surface area contributed by atoms with E-state index >= 15 is 0 Å². The Labute approximate surface area is 122 Å². The topological polar surface area (TPSA) is 41.1 Å². The van der Waals surface area contributed by atoms with Crippen LogP contribution in [-0.2, 0) is 0 Å². The van der Waals surface area contributed by atoms with E-state index in [9.17, 15) is 0 Å². The molecule has 1 N–H and O–H groups in total. The van der Waals surface area contributed by atoms with Gasteiger partial charge in [0.25, 0.3) is 0 Å². The standard InChI is InChI=1S/C13H19IN4/c14-11-8-16-13(17-9-11)18-6-3-10(4-7-18)12-2-1-5-15-12/h8-10,12,15H,1-7H2. The predicted octanol–water partition coefficient (Wildman–Crippen LogP) is 2.05. The molecule has 2 aliphatic rings. The second kappa shape index (κ2) is 5.69. The Bertz CT molecular complexity index is 380. The minimum atomic E-state index is 0.768. The molecular formula is C13H19IN4. The Morgan fingerprint density at radius 1 is 1.17 bits per heavy atom. The number of rotatable bonds is 2. The first kappa shape index (κ1) is 12.6. The summed E-state index contributed by atoms with van der Waals surface area (Å²) in [5.74, 6) is 1.75. The van der Waals surface area contributed by atoms with E-state index in [0.29, 0.717) is 0 Å². The molecule has 2 fully saturated rings. The van der Waals surface area contributed by atoms with Crippen molar-refractivity contribution in [3.05, 3.63) is 16.0 Å². The normalized spacial score (nSPS) is 25.6. The van der Waals surface area contributed by atoms with Gasteiger partial charge in [-0.3, -0.25) is 0 Å². The van der Waals surface area contributed by atoms with Gasteiger partial charge in [-0.2, -0.15) is 0 Å². The minimum absolute atomic E-state index is 0.768. The lowest BCUT2D eigenvalue weighted by molar-refractivity contribution is 0.317. The molecule has 1 atom stereocenters. The van der Waals surface area contributed by atoms with E-state index in [0.717, 1.165) is 34.6 Å². The smallest absolute Gasteiger partial charge is 0.225 e. The van der Waals surface area contributed by atoms with Crippen molar-refractivity contribution in [1.29, 1.82) is 0 Å². The molecule has 3 rings (SSSR count). The van der Waals surface area contributed by atoms with Gasteiger partial charge in [0.15, 0.2) is 0 Å². The quantitative estimate of drug-likeness (QED) is 0.822. The van der Waals surface area contributed by atoms with Gasteiger partial charge in [-0.05, 0) is 60.7 Å². The monoisotopic (exact) mass is 358 g/mol. The number of aromatic nitrogens is 2. The molecule has 0 saturated carbocycles. The molecular weight excluding hydrogens is 339 g/mol. The number of nitrogens with zero attached hydrogens (tertiary/aromatic N) is 3. The van der Waals surface area contributed by atoms with Crippen molar-refractivity contribution in [2.24, 2.45) is 5.92 Å². The predicted molar refractivity (Wildman–Crippen MR) is 80.7 cm³/mol. The highest BCUT2D eigenvalue weighted by molar-refractivity contribution is 14.1.